The van der Waals surface area contributed by atoms with Crippen molar-refractivity contribution in [1.82, 2.24) is 5.32 Å². The van der Waals surface area contributed by atoms with E-state index in [2.05, 4.69) is 31.3 Å². The minimum absolute atomic E-state index is 0.224. The van der Waals surface area contributed by atoms with Crippen molar-refractivity contribution >= 4 is 0 Å². The second-order valence-corrected chi connectivity index (χ2v) is 6.53. The summed E-state index contributed by atoms with van der Waals surface area (Å²) in [6, 6.07) is 0. The predicted molar refractivity (Wildman–Crippen MR) is 81.3 cm³/mol. The number of nitrogens with one attached hydrogen (secondary N) is 1. The highest BCUT2D eigenvalue weighted by atomic mass is 16.5. The highest BCUT2D eigenvalue weighted by Crippen LogP contribution is 2.39. The van der Waals surface area contributed by atoms with Crippen LogP contribution in [0.4, 0.5) is 0 Å². The van der Waals surface area contributed by atoms with Crippen molar-refractivity contribution in [3.8, 4) is 0 Å². The van der Waals surface area contributed by atoms with E-state index in [4.69, 9.17) is 4.74 Å². The first-order valence-electron chi connectivity index (χ1n) is 8.25. The predicted octanol–water partition coefficient (Wildman–Crippen LogP) is 3.92. The first kappa shape index (κ1) is 15.1. The molecule has 1 N–H and O–H groups in total. The minimum atomic E-state index is 0.224. The Labute approximate surface area is 119 Å². The van der Waals surface area contributed by atoms with E-state index in [-0.39, 0.29) is 5.60 Å². The van der Waals surface area contributed by atoms with Crippen LogP contribution in [0.3, 0.4) is 0 Å². The van der Waals surface area contributed by atoms with E-state index in [9.17, 15) is 0 Å². The zero-order chi connectivity index (χ0) is 13.6. The monoisotopic (exact) mass is 265 g/mol. The first-order valence-corrected chi connectivity index (χ1v) is 8.25. The third-order valence-corrected chi connectivity index (χ3v) is 4.97. The second-order valence-electron chi connectivity index (χ2n) is 6.53. The summed E-state index contributed by atoms with van der Waals surface area (Å²) in [5.41, 5.74) is 0.224. The highest BCUT2D eigenvalue weighted by Gasteiger charge is 2.38. The van der Waals surface area contributed by atoms with Gasteiger partial charge in [0.2, 0.25) is 0 Å². The molecule has 0 aromatic rings. The Hall–Kier alpha value is -0.340. The Balaban J connectivity index is 1.70. The maximum Gasteiger partial charge on any atom is 0.0694 e. The molecule has 0 heterocycles. The molecule has 110 valence electrons. The molecule has 2 aliphatic carbocycles. The van der Waals surface area contributed by atoms with Gasteiger partial charge in [0, 0.05) is 0 Å². The zero-order valence-electron chi connectivity index (χ0n) is 12.8. The Morgan fingerprint density at radius 1 is 1.21 bits per heavy atom. The molecule has 19 heavy (non-hydrogen) atoms. The third-order valence-electron chi connectivity index (χ3n) is 4.97. The van der Waals surface area contributed by atoms with E-state index in [1.165, 1.54) is 44.9 Å². The van der Waals surface area contributed by atoms with E-state index < -0.39 is 0 Å². The number of hydrogen-bond donors (Lipinski definition) is 1. The summed E-state index contributed by atoms with van der Waals surface area (Å²) >= 11 is 0. The van der Waals surface area contributed by atoms with E-state index in [1.807, 2.05) is 0 Å². The van der Waals surface area contributed by atoms with Crippen molar-refractivity contribution in [3.63, 3.8) is 0 Å². The van der Waals surface area contributed by atoms with Gasteiger partial charge in [0.15, 0.2) is 0 Å². The van der Waals surface area contributed by atoms with Gasteiger partial charge in [0.05, 0.1) is 12.2 Å². The van der Waals surface area contributed by atoms with Gasteiger partial charge >= 0.3 is 0 Å². The van der Waals surface area contributed by atoms with E-state index in [1.54, 1.807) is 0 Å². The molecule has 0 radical (unpaired) electrons. The fourth-order valence-corrected chi connectivity index (χ4v) is 3.18. The maximum atomic E-state index is 6.38. The van der Waals surface area contributed by atoms with Gasteiger partial charge in [0.1, 0.15) is 0 Å². The Morgan fingerprint density at radius 2 is 2.00 bits per heavy atom. The van der Waals surface area contributed by atoms with Gasteiger partial charge in [0.25, 0.3) is 0 Å². The zero-order valence-corrected chi connectivity index (χ0v) is 12.8. The van der Waals surface area contributed by atoms with Crippen LogP contribution in [0, 0.1) is 11.8 Å². The summed E-state index contributed by atoms with van der Waals surface area (Å²) in [7, 11) is 0. The van der Waals surface area contributed by atoms with Crippen LogP contribution in [0.1, 0.15) is 58.8 Å². The largest absolute Gasteiger partial charge is 0.375 e. The number of allylic oxidation sites excluding steroid dienone is 2. The molecule has 2 heteroatoms. The Bertz CT molecular complexity index is 283. The molecule has 0 bridgehead atoms. The van der Waals surface area contributed by atoms with Gasteiger partial charge in [-0.1, -0.05) is 26.0 Å². The maximum absolute atomic E-state index is 6.38. The van der Waals surface area contributed by atoms with Gasteiger partial charge in [-0.3, -0.25) is 0 Å². The Morgan fingerprint density at radius 3 is 2.63 bits per heavy atom. The SMILES string of the molecule is CCCNCCC1(OCC2CC=CCC2C)CCC1. The van der Waals surface area contributed by atoms with Crippen molar-refractivity contribution in [2.75, 3.05) is 19.7 Å². The van der Waals surface area contributed by atoms with Crippen molar-refractivity contribution in [2.45, 2.75) is 64.4 Å². The topological polar surface area (TPSA) is 21.3 Å². The number of hydrogen-bond acceptors (Lipinski definition) is 2. The minimum Gasteiger partial charge on any atom is -0.375 e. The number of rotatable bonds is 8. The third kappa shape index (κ3) is 4.32. The Kier molecular flexibility index (Phi) is 5.90. The van der Waals surface area contributed by atoms with Crippen molar-refractivity contribution in [1.29, 1.82) is 0 Å². The summed E-state index contributed by atoms with van der Waals surface area (Å²) in [5, 5.41) is 3.51. The molecule has 1 fully saturated rings. The lowest BCUT2D eigenvalue weighted by Crippen LogP contribution is -2.44. The summed E-state index contributed by atoms with van der Waals surface area (Å²) in [4.78, 5) is 0. The van der Waals surface area contributed by atoms with Gasteiger partial charge in [-0.25, -0.2) is 0 Å². The molecular formula is C17H31NO. The van der Waals surface area contributed by atoms with Gasteiger partial charge in [-0.2, -0.15) is 0 Å². The van der Waals surface area contributed by atoms with Crippen LogP contribution in [-0.4, -0.2) is 25.3 Å². The fraction of sp³-hybridized carbons (Fsp3) is 0.882. The molecule has 1 saturated carbocycles. The molecule has 0 aromatic heterocycles. The van der Waals surface area contributed by atoms with Crippen LogP contribution in [0.2, 0.25) is 0 Å². The van der Waals surface area contributed by atoms with Crippen LogP contribution in [0.5, 0.6) is 0 Å². The van der Waals surface area contributed by atoms with Crippen LogP contribution in [0.25, 0.3) is 0 Å². The highest BCUT2D eigenvalue weighted by molar-refractivity contribution is 4.95. The fourth-order valence-electron chi connectivity index (χ4n) is 3.18. The molecule has 0 aromatic carbocycles. The lowest BCUT2D eigenvalue weighted by molar-refractivity contribution is -0.119. The van der Waals surface area contributed by atoms with Gasteiger partial charge in [-0.15, -0.1) is 0 Å². The van der Waals surface area contributed by atoms with E-state index in [0.29, 0.717) is 0 Å². The normalized spacial score (nSPS) is 29.2. The first-order chi connectivity index (χ1) is 9.26. The summed E-state index contributed by atoms with van der Waals surface area (Å²) < 4.78 is 6.38. The van der Waals surface area contributed by atoms with E-state index >= 15 is 0 Å². The molecule has 2 aliphatic rings. The van der Waals surface area contributed by atoms with Gasteiger partial charge in [-0.05, 0) is 69.9 Å². The van der Waals surface area contributed by atoms with Crippen LogP contribution < -0.4 is 5.32 Å². The van der Waals surface area contributed by atoms with Gasteiger partial charge < -0.3 is 10.1 Å². The van der Waals surface area contributed by atoms with Crippen molar-refractivity contribution in [2.24, 2.45) is 11.8 Å². The standard InChI is InChI=1S/C17H31NO/c1-3-12-18-13-11-17(9-6-10-17)19-14-16-8-5-4-7-15(16)2/h4-5,15-16,18H,3,6-14H2,1-2H3. The van der Waals surface area contributed by atoms with Crippen LogP contribution in [0.15, 0.2) is 12.2 Å². The molecule has 0 saturated heterocycles. The summed E-state index contributed by atoms with van der Waals surface area (Å²) in [6.07, 6.45) is 13.4. The smallest absolute Gasteiger partial charge is 0.0694 e. The molecule has 2 nitrogen and oxygen atoms in total. The van der Waals surface area contributed by atoms with Crippen LogP contribution in [-0.2, 0) is 4.74 Å². The molecule has 2 rings (SSSR count). The second kappa shape index (κ2) is 7.44. The number of ether oxygens (including phenoxy) is 1. The molecule has 0 amide bonds. The summed E-state index contributed by atoms with van der Waals surface area (Å²) in [5.74, 6) is 1.53. The molecular weight excluding hydrogens is 234 g/mol. The lowest BCUT2D eigenvalue weighted by atomic mass is 9.77. The van der Waals surface area contributed by atoms with Crippen LogP contribution >= 0.6 is 0 Å². The average Bonchev–Trinajstić information content (AvgIpc) is 2.38. The molecule has 0 aliphatic heterocycles. The van der Waals surface area contributed by atoms with E-state index in [0.717, 1.165) is 31.5 Å². The molecule has 2 atom stereocenters. The summed E-state index contributed by atoms with van der Waals surface area (Å²) in [6.45, 7) is 7.82. The quantitative estimate of drug-likeness (QED) is 0.530. The van der Waals surface area contributed by atoms with Crippen molar-refractivity contribution < 1.29 is 4.74 Å². The lowest BCUT2D eigenvalue weighted by Gasteiger charge is -2.43. The molecule has 0 spiro atoms. The van der Waals surface area contributed by atoms with Crippen molar-refractivity contribution in [3.05, 3.63) is 12.2 Å². The molecule has 2 unspecified atom stereocenters. The average molecular weight is 265 g/mol.